The Morgan fingerprint density at radius 3 is 2.45 bits per heavy atom. The van der Waals surface area contributed by atoms with Gasteiger partial charge in [0.2, 0.25) is 0 Å². The second-order valence-electron chi connectivity index (χ2n) is 5.98. The fraction of sp³-hybridized carbons (Fsp3) is 0.438. The summed E-state index contributed by atoms with van der Waals surface area (Å²) in [5.41, 5.74) is 8.09. The third-order valence-electron chi connectivity index (χ3n) is 4.81. The van der Waals surface area contributed by atoms with Crippen LogP contribution in [-0.4, -0.2) is 29.7 Å². The first-order valence-corrected chi connectivity index (χ1v) is 7.34. The Hall–Kier alpha value is -1.81. The molecule has 4 heterocycles. The molecular weight excluding hydrogens is 250 g/mol. The number of benzene rings is 1. The summed E-state index contributed by atoms with van der Waals surface area (Å²) in [5.74, 6) is 2.74. The third-order valence-corrected chi connectivity index (χ3v) is 4.81. The highest BCUT2D eigenvalue weighted by Crippen LogP contribution is 2.39. The minimum Gasteiger partial charge on any atom is -0.381 e. The molecule has 0 aliphatic carbocycles. The first-order valence-electron chi connectivity index (χ1n) is 7.34. The van der Waals surface area contributed by atoms with E-state index in [9.17, 15) is 0 Å². The van der Waals surface area contributed by atoms with E-state index >= 15 is 0 Å². The number of piperidine rings is 3. The van der Waals surface area contributed by atoms with Crippen LogP contribution in [0.15, 0.2) is 34.9 Å². The molecule has 0 saturated carbocycles. The molecule has 0 amide bonds. The van der Waals surface area contributed by atoms with Gasteiger partial charge < -0.3 is 15.2 Å². The highest BCUT2D eigenvalue weighted by molar-refractivity contribution is 5.60. The topological polar surface area (TPSA) is 55.3 Å². The number of hydrogen-bond acceptors (Lipinski definition) is 4. The van der Waals surface area contributed by atoms with Crippen LogP contribution < -0.4 is 5.73 Å². The molecule has 3 aliphatic heterocycles. The van der Waals surface area contributed by atoms with Crippen molar-refractivity contribution in [1.29, 1.82) is 0 Å². The van der Waals surface area contributed by atoms with Crippen LogP contribution in [0.4, 0.5) is 5.82 Å². The van der Waals surface area contributed by atoms with Gasteiger partial charge in [-0.3, -0.25) is 0 Å². The van der Waals surface area contributed by atoms with Gasteiger partial charge in [0.05, 0.1) is 0 Å². The summed E-state index contributed by atoms with van der Waals surface area (Å²) in [4.78, 5) is 2.59. The molecule has 2 N–H and O–H groups in total. The Labute approximate surface area is 118 Å². The molecule has 1 aromatic carbocycles. The molecule has 104 valence electrons. The van der Waals surface area contributed by atoms with Crippen molar-refractivity contribution in [2.45, 2.75) is 18.8 Å². The largest absolute Gasteiger partial charge is 0.381 e. The zero-order valence-corrected chi connectivity index (χ0v) is 11.5. The van der Waals surface area contributed by atoms with Gasteiger partial charge in [0.15, 0.2) is 11.6 Å². The molecule has 4 nitrogen and oxygen atoms in total. The molecule has 4 heteroatoms. The van der Waals surface area contributed by atoms with Crippen molar-refractivity contribution in [3.05, 3.63) is 35.9 Å². The zero-order chi connectivity index (χ0) is 13.5. The summed E-state index contributed by atoms with van der Waals surface area (Å²) in [6.45, 7) is 3.80. The maximum absolute atomic E-state index is 5.59. The zero-order valence-electron chi connectivity index (χ0n) is 11.5. The van der Waals surface area contributed by atoms with E-state index in [0.717, 1.165) is 17.2 Å². The number of nitrogens with two attached hydrogens (primary N) is 1. The highest BCUT2D eigenvalue weighted by Gasteiger charge is 2.34. The fourth-order valence-corrected chi connectivity index (χ4v) is 3.66. The van der Waals surface area contributed by atoms with Crippen molar-refractivity contribution in [3.8, 4) is 11.3 Å². The molecule has 1 atom stereocenters. The maximum atomic E-state index is 5.59. The third kappa shape index (κ3) is 2.00. The Kier molecular flexibility index (Phi) is 2.77. The summed E-state index contributed by atoms with van der Waals surface area (Å²) >= 11 is 0. The van der Waals surface area contributed by atoms with E-state index in [1.165, 1.54) is 38.0 Å². The average molecular weight is 269 g/mol. The molecule has 3 aliphatic rings. The Morgan fingerprint density at radius 1 is 1.15 bits per heavy atom. The molecule has 3 fully saturated rings. The molecule has 5 rings (SSSR count). The number of rotatable bonds is 2. The monoisotopic (exact) mass is 269 g/mol. The van der Waals surface area contributed by atoms with Crippen molar-refractivity contribution in [2.75, 3.05) is 25.4 Å². The van der Waals surface area contributed by atoms with Crippen LogP contribution in [-0.2, 0) is 0 Å². The lowest BCUT2D eigenvalue weighted by atomic mass is 9.75. The van der Waals surface area contributed by atoms with Gasteiger partial charge in [0.1, 0.15) is 0 Å². The van der Waals surface area contributed by atoms with Crippen LogP contribution in [0, 0.1) is 5.92 Å². The van der Waals surface area contributed by atoms with Gasteiger partial charge in [-0.25, -0.2) is 0 Å². The SMILES string of the molecule is Nc1cc(-c2ccc(C3CN4CCC3CC4)cc2)on1. The second-order valence-corrected chi connectivity index (χ2v) is 5.98. The van der Waals surface area contributed by atoms with E-state index < -0.39 is 0 Å². The van der Waals surface area contributed by atoms with E-state index in [1.807, 2.05) is 0 Å². The molecule has 2 aromatic rings. The molecular formula is C16H19N3O. The summed E-state index contributed by atoms with van der Waals surface area (Å²) < 4.78 is 5.20. The maximum Gasteiger partial charge on any atom is 0.169 e. The fourth-order valence-electron chi connectivity index (χ4n) is 3.66. The van der Waals surface area contributed by atoms with E-state index in [-0.39, 0.29) is 0 Å². The van der Waals surface area contributed by atoms with Crippen LogP contribution in [0.2, 0.25) is 0 Å². The first-order chi connectivity index (χ1) is 9.79. The predicted octanol–water partition coefficient (Wildman–Crippen LogP) is 2.73. The van der Waals surface area contributed by atoms with Gasteiger partial charge in [-0.15, -0.1) is 0 Å². The van der Waals surface area contributed by atoms with Crippen LogP contribution in [0.5, 0.6) is 0 Å². The number of anilines is 1. The van der Waals surface area contributed by atoms with Crippen molar-refractivity contribution < 1.29 is 4.52 Å². The standard InChI is InChI=1S/C16H19N3O/c17-16-9-15(20-18-16)13-3-1-11(2-4-13)14-10-19-7-5-12(14)6-8-19/h1-4,9,12,14H,5-8,10H2,(H2,17,18). The quantitative estimate of drug-likeness (QED) is 0.910. The second kappa shape index (κ2) is 4.63. The van der Waals surface area contributed by atoms with Gasteiger partial charge in [-0.1, -0.05) is 29.4 Å². The van der Waals surface area contributed by atoms with Gasteiger partial charge >= 0.3 is 0 Å². The lowest BCUT2D eigenvalue weighted by Gasteiger charge is -2.45. The highest BCUT2D eigenvalue weighted by atomic mass is 16.5. The van der Waals surface area contributed by atoms with Gasteiger partial charge in [0, 0.05) is 18.2 Å². The number of aromatic nitrogens is 1. The van der Waals surface area contributed by atoms with E-state index in [1.54, 1.807) is 6.07 Å². The Bertz CT molecular complexity index is 596. The normalized spacial score (nSPS) is 28.7. The van der Waals surface area contributed by atoms with Crippen molar-refractivity contribution in [2.24, 2.45) is 5.92 Å². The Morgan fingerprint density at radius 2 is 1.90 bits per heavy atom. The first kappa shape index (κ1) is 12.0. The number of fused-ring (bicyclic) bond motifs is 3. The minimum absolute atomic E-state index is 0.432. The summed E-state index contributed by atoms with van der Waals surface area (Å²) in [6.07, 6.45) is 2.70. The summed E-state index contributed by atoms with van der Waals surface area (Å²) in [7, 11) is 0. The molecule has 2 bridgehead atoms. The van der Waals surface area contributed by atoms with Crippen molar-refractivity contribution in [1.82, 2.24) is 10.1 Å². The molecule has 20 heavy (non-hydrogen) atoms. The molecule has 1 unspecified atom stereocenters. The molecule has 0 spiro atoms. The summed E-state index contributed by atoms with van der Waals surface area (Å²) in [5, 5.41) is 3.73. The van der Waals surface area contributed by atoms with E-state index in [4.69, 9.17) is 10.3 Å². The van der Waals surface area contributed by atoms with Gasteiger partial charge in [-0.05, 0) is 43.3 Å². The number of nitrogens with zero attached hydrogens (tertiary/aromatic N) is 2. The van der Waals surface area contributed by atoms with Gasteiger partial charge in [0.25, 0.3) is 0 Å². The summed E-state index contributed by atoms with van der Waals surface area (Å²) in [6, 6.07) is 10.5. The average Bonchev–Trinajstić information content (AvgIpc) is 2.95. The smallest absolute Gasteiger partial charge is 0.169 e. The number of hydrogen-bond donors (Lipinski definition) is 1. The van der Waals surface area contributed by atoms with Crippen LogP contribution in [0.25, 0.3) is 11.3 Å². The molecule has 3 saturated heterocycles. The Balaban J connectivity index is 1.58. The predicted molar refractivity (Wildman–Crippen MR) is 78.3 cm³/mol. The number of nitrogen functional groups attached to an aromatic ring is 1. The lowest BCUT2D eigenvalue weighted by Crippen LogP contribution is -2.46. The van der Waals surface area contributed by atoms with Crippen LogP contribution in [0.3, 0.4) is 0 Å². The van der Waals surface area contributed by atoms with Crippen LogP contribution in [0.1, 0.15) is 24.3 Å². The van der Waals surface area contributed by atoms with Gasteiger partial charge in [-0.2, -0.15) is 0 Å². The molecule has 1 aromatic heterocycles. The minimum atomic E-state index is 0.432. The van der Waals surface area contributed by atoms with Crippen molar-refractivity contribution in [3.63, 3.8) is 0 Å². The van der Waals surface area contributed by atoms with E-state index in [0.29, 0.717) is 11.7 Å². The molecule has 0 radical (unpaired) electrons. The lowest BCUT2D eigenvalue weighted by molar-refractivity contribution is 0.0871. The van der Waals surface area contributed by atoms with Crippen LogP contribution >= 0.6 is 0 Å². The van der Waals surface area contributed by atoms with E-state index in [2.05, 4.69) is 34.3 Å². The van der Waals surface area contributed by atoms with Crippen molar-refractivity contribution >= 4 is 5.82 Å².